The highest BCUT2D eigenvalue weighted by atomic mass is 15.2. The van der Waals surface area contributed by atoms with Crippen molar-refractivity contribution in [3.8, 4) is 0 Å². The highest BCUT2D eigenvalue weighted by molar-refractivity contribution is 5.65. The molecule has 0 bridgehead atoms. The number of benzene rings is 1. The SMILES string of the molecule is CC(C)c1ccccc1/C(N)=C/NN. The van der Waals surface area contributed by atoms with E-state index in [1.54, 1.807) is 6.20 Å². The average Bonchev–Trinajstić information content (AvgIpc) is 2.18. The van der Waals surface area contributed by atoms with Crippen LogP contribution in [0, 0.1) is 0 Å². The molecule has 0 aliphatic rings. The molecule has 3 nitrogen and oxygen atoms in total. The van der Waals surface area contributed by atoms with E-state index in [4.69, 9.17) is 11.6 Å². The maximum absolute atomic E-state index is 5.86. The molecule has 0 radical (unpaired) electrons. The van der Waals surface area contributed by atoms with E-state index in [1.165, 1.54) is 5.56 Å². The van der Waals surface area contributed by atoms with Gasteiger partial charge in [0.2, 0.25) is 0 Å². The van der Waals surface area contributed by atoms with Crippen LogP contribution in [0.5, 0.6) is 0 Å². The first kappa shape index (κ1) is 10.6. The molecule has 14 heavy (non-hydrogen) atoms. The van der Waals surface area contributed by atoms with Gasteiger partial charge in [-0.1, -0.05) is 38.1 Å². The Kier molecular flexibility index (Phi) is 3.54. The zero-order valence-corrected chi connectivity index (χ0v) is 8.62. The Morgan fingerprint density at radius 2 is 2.00 bits per heavy atom. The Labute approximate surface area is 84.8 Å². The Bertz CT molecular complexity index is 329. The van der Waals surface area contributed by atoms with Crippen molar-refractivity contribution in [1.82, 2.24) is 5.43 Å². The summed E-state index contributed by atoms with van der Waals surface area (Å²) in [5.41, 5.74) is 11.2. The largest absolute Gasteiger partial charge is 0.397 e. The van der Waals surface area contributed by atoms with Crippen molar-refractivity contribution in [3.05, 3.63) is 41.6 Å². The first-order valence-electron chi connectivity index (χ1n) is 4.68. The van der Waals surface area contributed by atoms with E-state index in [0.717, 1.165) is 5.56 Å². The topological polar surface area (TPSA) is 64.1 Å². The maximum atomic E-state index is 5.86. The molecule has 1 aromatic carbocycles. The zero-order valence-electron chi connectivity index (χ0n) is 8.62. The van der Waals surface area contributed by atoms with Crippen LogP contribution in [-0.2, 0) is 0 Å². The molecule has 0 amide bonds. The van der Waals surface area contributed by atoms with Crippen LogP contribution in [0.3, 0.4) is 0 Å². The molecule has 0 spiro atoms. The van der Waals surface area contributed by atoms with Crippen molar-refractivity contribution in [2.24, 2.45) is 11.6 Å². The lowest BCUT2D eigenvalue weighted by molar-refractivity contribution is 0.861. The number of hydrazine groups is 1. The summed E-state index contributed by atoms with van der Waals surface area (Å²) in [7, 11) is 0. The fourth-order valence-electron chi connectivity index (χ4n) is 1.43. The standard InChI is InChI=1S/C11H17N3/c1-8(2)9-5-3-4-6-10(9)11(12)7-14-13/h3-8,14H,12-13H2,1-2H3/b11-7-. The third-order valence-corrected chi connectivity index (χ3v) is 2.13. The van der Waals surface area contributed by atoms with E-state index in [9.17, 15) is 0 Å². The van der Waals surface area contributed by atoms with Gasteiger partial charge in [-0.3, -0.25) is 5.84 Å². The van der Waals surface area contributed by atoms with Crippen LogP contribution in [0.15, 0.2) is 30.5 Å². The summed E-state index contributed by atoms with van der Waals surface area (Å²) in [5.74, 6) is 5.64. The summed E-state index contributed by atoms with van der Waals surface area (Å²) in [6, 6.07) is 8.07. The molecule has 0 unspecified atom stereocenters. The minimum Gasteiger partial charge on any atom is -0.397 e. The van der Waals surface area contributed by atoms with Crippen molar-refractivity contribution < 1.29 is 0 Å². The van der Waals surface area contributed by atoms with Gasteiger partial charge in [0.25, 0.3) is 0 Å². The van der Waals surface area contributed by atoms with Gasteiger partial charge in [0.15, 0.2) is 0 Å². The average molecular weight is 191 g/mol. The predicted octanol–water partition coefficient (Wildman–Crippen LogP) is 1.53. The minimum atomic E-state index is 0.455. The summed E-state index contributed by atoms with van der Waals surface area (Å²) in [5, 5.41) is 0. The van der Waals surface area contributed by atoms with Gasteiger partial charge in [-0.25, -0.2) is 0 Å². The molecule has 0 aliphatic heterocycles. The predicted molar refractivity (Wildman–Crippen MR) is 60.0 cm³/mol. The lowest BCUT2D eigenvalue weighted by Crippen LogP contribution is -2.16. The molecule has 0 aromatic heterocycles. The molecular formula is C11H17N3. The summed E-state index contributed by atoms with van der Waals surface area (Å²) in [4.78, 5) is 0. The van der Waals surface area contributed by atoms with Crippen molar-refractivity contribution in [2.45, 2.75) is 19.8 Å². The van der Waals surface area contributed by atoms with Gasteiger partial charge in [-0.15, -0.1) is 0 Å². The molecule has 1 rings (SSSR count). The van der Waals surface area contributed by atoms with Gasteiger partial charge in [-0.05, 0) is 11.5 Å². The zero-order chi connectivity index (χ0) is 10.6. The highest BCUT2D eigenvalue weighted by Gasteiger charge is 2.06. The Morgan fingerprint density at radius 3 is 2.57 bits per heavy atom. The Morgan fingerprint density at radius 1 is 1.36 bits per heavy atom. The second kappa shape index (κ2) is 4.67. The highest BCUT2D eigenvalue weighted by Crippen LogP contribution is 2.22. The van der Waals surface area contributed by atoms with Crippen LogP contribution in [0.1, 0.15) is 30.9 Å². The van der Waals surface area contributed by atoms with Gasteiger partial charge < -0.3 is 11.2 Å². The molecule has 0 saturated carbocycles. The second-order valence-electron chi connectivity index (χ2n) is 3.51. The fraction of sp³-hybridized carbons (Fsp3) is 0.273. The molecule has 76 valence electrons. The molecule has 0 fully saturated rings. The quantitative estimate of drug-likeness (QED) is 0.501. The number of nitrogens with one attached hydrogen (secondary N) is 1. The molecular weight excluding hydrogens is 174 g/mol. The van der Waals surface area contributed by atoms with Gasteiger partial charge in [0.1, 0.15) is 0 Å². The van der Waals surface area contributed by atoms with Crippen LogP contribution >= 0.6 is 0 Å². The lowest BCUT2D eigenvalue weighted by atomic mass is 9.96. The third-order valence-electron chi connectivity index (χ3n) is 2.13. The second-order valence-corrected chi connectivity index (χ2v) is 3.51. The van der Waals surface area contributed by atoms with Gasteiger partial charge >= 0.3 is 0 Å². The summed E-state index contributed by atoms with van der Waals surface area (Å²) >= 11 is 0. The van der Waals surface area contributed by atoms with Crippen LogP contribution < -0.4 is 17.0 Å². The van der Waals surface area contributed by atoms with Gasteiger partial charge in [0, 0.05) is 11.8 Å². The minimum absolute atomic E-state index is 0.455. The van der Waals surface area contributed by atoms with E-state index in [2.05, 4.69) is 25.3 Å². The number of hydrogen-bond donors (Lipinski definition) is 3. The third kappa shape index (κ3) is 2.26. The number of rotatable bonds is 3. The van der Waals surface area contributed by atoms with Gasteiger partial charge in [-0.2, -0.15) is 0 Å². The van der Waals surface area contributed by atoms with E-state index < -0.39 is 0 Å². The first-order chi connectivity index (χ1) is 6.66. The van der Waals surface area contributed by atoms with Crippen molar-refractivity contribution >= 4 is 5.70 Å². The molecule has 0 atom stereocenters. The van der Waals surface area contributed by atoms with Crippen molar-refractivity contribution in [1.29, 1.82) is 0 Å². The molecule has 5 N–H and O–H groups in total. The van der Waals surface area contributed by atoms with E-state index in [-0.39, 0.29) is 0 Å². The van der Waals surface area contributed by atoms with Crippen LogP contribution in [0.25, 0.3) is 5.70 Å². The van der Waals surface area contributed by atoms with E-state index in [0.29, 0.717) is 11.6 Å². The molecule has 3 heteroatoms. The number of nitrogens with two attached hydrogens (primary N) is 2. The monoisotopic (exact) mass is 191 g/mol. The lowest BCUT2D eigenvalue weighted by Gasteiger charge is -2.12. The Hall–Kier alpha value is -1.48. The number of hydrogen-bond acceptors (Lipinski definition) is 3. The van der Waals surface area contributed by atoms with E-state index in [1.807, 2.05) is 18.2 Å². The fourth-order valence-corrected chi connectivity index (χ4v) is 1.43. The van der Waals surface area contributed by atoms with Crippen molar-refractivity contribution in [2.75, 3.05) is 0 Å². The normalized spacial score (nSPS) is 11.9. The summed E-state index contributed by atoms with van der Waals surface area (Å²) < 4.78 is 0. The van der Waals surface area contributed by atoms with Crippen LogP contribution in [-0.4, -0.2) is 0 Å². The first-order valence-corrected chi connectivity index (χ1v) is 4.68. The maximum Gasteiger partial charge on any atom is 0.0564 e. The Balaban J connectivity index is 3.13. The molecule has 0 saturated heterocycles. The van der Waals surface area contributed by atoms with Crippen LogP contribution in [0.2, 0.25) is 0 Å². The molecule has 0 aliphatic carbocycles. The summed E-state index contributed by atoms with van der Waals surface area (Å²) in [6.45, 7) is 4.28. The smallest absolute Gasteiger partial charge is 0.0564 e. The molecule has 1 aromatic rings. The van der Waals surface area contributed by atoms with Crippen molar-refractivity contribution in [3.63, 3.8) is 0 Å². The van der Waals surface area contributed by atoms with Gasteiger partial charge in [0.05, 0.1) is 5.70 Å². The molecule has 0 heterocycles. The summed E-state index contributed by atoms with van der Waals surface area (Å²) in [6.07, 6.45) is 1.60. The van der Waals surface area contributed by atoms with E-state index >= 15 is 0 Å². The van der Waals surface area contributed by atoms with Crippen LogP contribution in [0.4, 0.5) is 0 Å².